The third-order valence-electron chi connectivity index (χ3n) is 2.11. The normalized spacial score (nSPS) is 10.1. The van der Waals surface area contributed by atoms with E-state index in [1.165, 1.54) is 6.07 Å². The van der Waals surface area contributed by atoms with E-state index in [2.05, 4.69) is 25.9 Å². The Morgan fingerprint density at radius 2 is 2.28 bits per heavy atom. The number of nitrogens with zero attached hydrogens (tertiary/aromatic N) is 3. The van der Waals surface area contributed by atoms with Crippen molar-refractivity contribution in [2.75, 3.05) is 5.43 Å². The van der Waals surface area contributed by atoms with Crippen LogP contribution in [0.5, 0.6) is 0 Å². The predicted molar refractivity (Wildman–Crippen MR) is 62.3 cm³/mol. The van der Waals surface area contributed by atoms with Gasteiger partial charge in [0.05, 0.1) is 12.7 Å². The lowest BCUT2D eigenvalue weighted by molar-refractivity contribution is 0.0941. The minimum atomic E-state index is -0.359. The van der Waals surface area contributed by atoms with Gasteiger partial charge in [0.1, 0.15) is 5.76 Å². The summed E-state index contributed by atoms with van der Waals surface area (Å²) < 4.78 is 5.22. The summed E-state index contributed by atoms with van der Waals surface area (Å²) in [5.41, 5.74) is 2.52. The molecule has 18 heavy (non-hydrogen) atoms. The summed E-state index contributed by atoms with van der Waals surface area (Å²) in [6, 6.07) is 3.07. The summed E-state index contributed by atoms with van der Waals surface area (Å²) in [6.07, 6.45) is 1.59. The minimum absolute atomic E-state index is 0.192. The molecule has 0 aliphatic heterocycles. The van der Waals surface area contributed by atoms with Crippen LogP contribution < -0.4 is 16.6 Å². The molecule has 0 aliphatic rings. The van der Waals surface area contributed by atoms with Gasteiger partial charge in [-0.25, -0.2) is 10.8 Å². The van der Waals surface area contributed by atoms with Gasteiger partial charge >= 0.3 is 0 Å². The van der Waals surface area contributed by atoms with Crippen molar-refractivity contribution in [2.45, 2.75) is 13.5 Å². The van der Waals surface area contributed by atoms with Crippen LogP contribution in [-0.2, 0) is 6.54 Å². The number of aromatic nitrogens is 3. The molecule has 0 unspecified atom stereocenters. The third-order valence-corrected chi connectivity index (χ3v) is 2.11. The van der Waals surface area contributed by atoms with Crippen LogP contribution >= 0.6 is 0 Å². The number of hydrogen-bond acceptors (Lipinski definition) is 7. The van der Waals surface area contributed by atoms with E-state index in [4.69, 9.17) is 10.3 Å². The monoisotopic (exact) mass is 248 g/mol. The van der Waals surface area contributed by atoms with Crippen LogP contribution in [0.1, 0.15) is 22.1 Å². The van der Waals surface area contributed by atoms with E-state index >= 15 is 0 Å². The van der Waals surface area contributed by atoms with Crippen molar-refractivity contribution in [3.8, 4) is 0 Å². The number of nitrogen functional groups attached to an aromatic ring is 1. The van der Waals surface area contributed by atoms with Crippen molar-refractivity contribution < 1.29 is 9.21 Å². The minimum Gasteiger partial charge on any atom is -0.444 e. The number of aryl methyl sites for hydroxylation is 1. The van der Waals surface area contributed by atoms with Crippen LogP contribution in [0.15, 0.2) is 22.7 Å². The molecule has 94 valence electrons. The Kier molecular flexibility index (Phi) is 3.49. The van der Waals surface area contributed by atoms with Gasteiger partial charge in [-0.2, -0.15) is 0 Å². The van der Waals surface area contributed by atoms with E-state index in [-0.39, 0.29) is 18.1 Å². The fourth-order valence-corrected chi connectivity index (χ4v) is 1.26. The first-order chi connectivity index (χ1) is 8.69. The number of anilines is 1. The maximum atomic E-state index is 11.7. The Hall–Kier alpha value is -2.48. The lowest BCUT2D eigenvalue weighted by Crippen LogP contribution is -2.24. The SMILES string of the molecule is Cc1cnc(CNC(=O)c2ccc(NN)nn2)o1. The summed E-state index contributed by atoms with van der Waals surface area (Å²) in [7, 11) is 0. The van der Waals surface area contributed by atoms with Crippen LogP contribution in [0, 0.1) is 6.92 Å². The topological polar surface area (TPSA) is 119 Å². The highest BCUT2D eigenvalue weighted by molar-refractivity contribution is 5.92. The fraction of sp³-hybridized carbons (Fsp3) is 0.200. The predicted octanol–water partition coefficient (Wildman–Crippen LogP) is -0.0114. The molecule has 2 rings (SSSR count). The van der Waals surface area contributed by atoms with E-state index < -0.39 is 0 Å². The molecule has 0 fully saturated rings. The smallest absolute Gasteiger partial charge is 0.272 e. The number of nitrogens with two attached hydrogens (primary N) is 1. The van der Waals surface area contributed by atoms with E-state index in [1.54, 1.807) is 19.2 Å². The Morgan fingerprint density at radius 1 is 1.44 bits per heavy atom. The second-order valence-electron chi connectivity index (χ2n) is 3.50. The zero-order valence-electron chi connectivity index (χ0n) is 9.67. The van der Waals surface area contributed by atoms with Crippen molar-refractivity contribution in [1.29, 1.82) is 0 Å². The Balaban J connectivity index is 1.94. The van der Waals surface area contributed by atoms with Crippen LogP contribution in [0.3, 0.4) is 0 Å². The number of oxazole rings is 1. The molecule has 1 amide bonds. The zero-order valence-corrected chi connectivity index (χ0v) is 9.67. The molecule has 8 nitrogen and oxygen atoms in total. The van der Waals surface area contributed by atoms with Gasteiger partial charge in [-0.05, 0) is 19.1 Å². The number of hydrogen-bond donors (Lipinski definition) is 3. The number of carbonyl (C=O) groups excluding carboxylic acids is 1. The molecule has 0 spiro atoms. The largest absolute Gasteiger partial charge is 0.444 e. The van der Waals surface area contributed by atoms with Crippen molar-refractivity contribution in [1.82, 2.24) is 20.5 Å². The average molecular weight is 248 g/mol. The molecule has 0 aromatic carbocycles. The number of amides is 1. The van der Waals surface area contributed by atoms with E-state index in [0.29, 0.717) is 17.5 Å². The Labute approximate surface area is 103 Å². The van der Waals surface area contributed by atoms with E-state index in [0.717, 1.165) is 0 Å². The average Bonchev–Trinajstić information content (AvgIpc) is 2.82. The van der Waals surface area contributed by atoms with Crippen LogP contribution in [0.2, 0.25) is 0 Å². The van der Waals surface area contributed by atoms with Gasteiger partial charge in [-0.1, -0.05) is 0 Å². The van der Waals surface area contributed by atoms with Gasteiger partial charge < -0.3 is 15.2 Å². The Morgan fingerprint density at radius 3 is 2.83 bits per heavy atom. The lowest BCUT2D eigenvalue weighted by atomic mass is 10.3. The summed E-state index contributed by atoms with van der Waals surface area (Å²) >= 11 is 0. The third kappa shape index (κ3) is 2.80. The van der Waals surface area contributed by atoms with Gasteiger partial charge in [-0.3, -0.25) is 4.79 Å². The summed E-state index contributed by atoms with van der Waals surface area (Å²) in [5.74, 6) is 6.30. The number of hydrazine groups is 1. The van der Waals surface area contributed by atoms with Crippen LogP contribution in [0.25, 0.3) is 0 Å². The molecule has 0 atom stereocenters. The maximum absolute atomic E-state index is 11.7. The van der Waals surface area contributed by atoms with Crippen LogP contribution in [-0.4, -0.2) is 21.1 Å². The first-order valence-electron chi connectivity index (χ1n) is 5.19. The van der Waals surface area contributed by atoms with Gasteiger partial charge in [0.2, 0.25) is 5.89 Å². The number of rotatable bonds is 4. The van der Waals surface area contributed by atoms with Crippen molar-refractivity contribution in [3.05, 3.63) is 35.7 Å². The first kappa shape index (κ1) is 12.0. The number of carbonyl (C=O) groups is 1. The number of nitrogens with one attached hydrogen (secondary N) is 2. The van der Waals surface area contributed by atoms with Crippen molar-refractivity contribution in [3.63, 3.8) is 0 Å². The van der Waals surface area contributed by atoms with Gasteiger partial charge in [-0.15, -0.1) is 10.2 Å². The van der Waals surface area contributed by atoms with E-state index in [9.17, 15) is 4.79 Å². The Bertz CT molecular complexity index is 536. The quantitative estimate of drug-likeness (QED) is 0.514. The molecule has 2 aromatic rings. The second-order valence-corrected chi connectivity index (χ2v) is 3.50. The molecular weight excluding hydrogens is 236 g/mol. The molecule has 0 aliphatic carbocycles. The molecule has 2 aromatic heterocycles. The maximum Gasteiger partial charge on any atom is 0.272 e. The van der Waals surface area contributed by atoms with Gasteiger partial charge in [0, 0.05) is 0 Å². The van der Waals surface area contributed by atoms with Crippen molar-refractivity contribution >= 4 is 11.7 Å². The lowest BCUT2D eigenvalue weighted by Gasteiger charge is -2.02. The van der Waals surface area contributed by atoms with E-state index in [1.807, 2.05) is 0 Å². The highest BCUT2D eigenvalue weighted by Crippen LogP contribution is 2.02. The second kappa shape index (κ2) is 5.23. The summed E-state index contributed by atoms with van der Waals surface area (Å²) in [4.78, 5) is 15.7. The molecule has 4 N–H and O–H groups in total. The summed E-state index contributed by atoms with van der Waals surface area (Å²) in [6.45, 7) is 1.98. The summed E-state index contributed by atoms with van der Waals surface area (Å²) in [5, 5.41) is 10.0. The zero-order chi connectivity index (χ0) is 13.0. The molecule has 2 heterocycles. The molecule has 0 radical (unpaired) electrons. The fourth-order valence-electron chi connectivity index (χ4n) is 1.26. The molecule has 0 bridgehead atoms. The van der Waals surface area contributed by atoms with Crippen molar-refractivity contribution in [2.24, 2.45) is 5.84 Å². The van der Waals surface area contributed by atoms with Crippen LogP contribution in [0.4, 0.5) is 5.82 Å². The highest BCUT2D eigenvalue weighted by atomic mass is 16.4. The highest BCUT2D eigenvalue weighted by Gasteiger charge is 2.09. The molecule has 0 saturated heterocycles. The molecule has 0 saturated carbocycles. The molecular formula is C10H12N6O2. The molecule has 8 heteroatoms. The van der Waals surface area contributed by atoms with Gasteiger partial charge in [0.25, 0.3) is 5.91 Å². The van der Waals surface area contributed by atoms with Gasteiger partial charge in [0.15, 0.2) is 11.5 Å². The standard InChI is InChI=1S/C10H12N6O2/c1-6-4-12-9(18-6)5-13-10(17)7-2-3-8(14-11)16-15-7/h2-4H,5,11H2,1H3,(H,13,17)(H,14,16). The first-order valence-corrected chi connectivity index (χ1v) is 5.19.